The monoisotopic (exact) mass is 340 g/mol. The fourth-order valence-electron chi connectivity index (χ4n) is 2.22. The Morgan fingerprint density at radius 1 is 1.47 bits per heavy atom. The van der Waals surface area contributed by atoms with E-state index in [1.807, 2.05) is 4.08 Å². The predicted octanol–water partition coefficient (Wildman–Crippen LogP) is 4.51. The second kappa shape index (κ2) is 5.58. The SMILES string of the molecule is CC/C(=C\C=C/I)N1c2ccccc2NC1C. The molecule has 1 atom stereocenters. The summed E-state index contributed by atoms with van der Waals surface area (Å²) in [4.78, 5) is 2.37. The first-order chi connectivity index (χ1) is 8.27. The van der Waals surface area contributed by atoms with Crippen molar-refractivity contribution in [3.05, 3.63) is 46.2 Å². The summed E-state index contributed by atoms with van der Waals surface area (Å²) in [5, 5.41) is 3.50. The van der Waals surface area contributed by atoms with E-state index in [0.717, 1.165) is 6.42 Å². The van der Waals surface area contributed by atoms with Crippen LogP contribution in [-0.4, -0.2) is 6.17 Å². The van der Waals surface area contributed by atoms with Gasteiger partial charge in [0.05, 0.1) is 11.4 Å². The van der Waals surface area contributed by atoms with Gasteiger partial charge >= 0.3 is 0 Å². The number of benzene rings is 1. The van der Waals surface area contributed by atoms with Crippen LogP contribution in [0.25, 0.3) is 0 Å². The van der Waals surface area contributed by atoms with Crippen LogP contribution in [-0.2, 0) is 0 Å². The normalized spacial score (nSPS) is 19.6. The first-order valence-electron chi connectivity index (χ1n) is 5.88. The molecule has 90 valence electrons. The lowest BCUT2D eigenvalue weighted by Gasteiger charge is -2.26. The molecular formula is C14H17IN2. The van der Waals surface area contributed by atoms with Crippen LogP contribution in [0.1, 0.15) is 20.3 Å². The lowest BCUT2D eigenvalue weighted by Crippen LogP contribution is -2.31. The Balaban J connectivity index is 2.38. The quantitative estimate of drug-likeness (QED) is 0.643. The maximum absolute atomic E-state index is 3.50. The first kappa shape index (κ1) is 12.5. The average Bonchev–Trinajstić information content (AvgIpc) is 2.67. The Hall–Kier alpha value is -0.970. The molecule has 0 bridgehead atoms. The van der Waals surface area contributed by atoms with E-state index in [1.54, 1.807) is 0 Å². The van der Waals surface area contributed by atoms with Gasteiger partial charge in [-0.05, 0) is 35.6 Å². The molecule has 0 saturated heterocycles. The van der Waals surface area contributed by atoms with Crippen molar-refractivity contribution in [2.45, 2.75) is 26.4 Å². The molecule has 2 nitrogen and oxygen atoms in total. The molecule has 1 heterocycles. The van der Waals surface area contributed by atoms with E-state index in [-0.39, 0.29) is 0 Å². The number of nitrogens with zero attached hydrogens (tertiary/aromatic N) is 1. The second-order valence-electron chi connectivity index (χ2n) is 4.04. The molecule has 3 heteroatoms. The molecule has 1 N–H and O–H groups in total. The van der Waals surface area contributed by atoms with Crippen LogP contribution < -0.4 is 10.2 Å². The molecule has 0 spiro atoms. The van der Waals surface area contributed by atoms with Crippen molar-refractivity contribution >= 4 is 34.0 Å². The molecule has 0 saturated carbocycles. The molecule has 1 unspecified atom stereocenters. The molecule has 1 aliphatic rings. The van der Waals surface area contributed by atoms with Crippen molar-refractivity contribution < 1.29 is 0 Å². The van der Waals surface area contributed by atoms with E-state index in [4.69, 9.17) is 0 Å². The largest absolute Gasteiger partial charge is 0.363 e. The number of fused-ring (bicyclic) bond motifs is 1. The van der Waals surface area contributed by atoms with Gasteiger partial charge < -0.3 is 10.2 Å². The zero-order chi connectivity index (χ0) is 12.3. The molecule has 0 aliphatic carbocycles. The highest BCUT2D eigenvalue weighted by atomic mass is 127. The summed E-state index contributed by atoms with van der Waals surface area (Å²) in [6, 6.07) is 8.46. The second-order valence-corrected chi connectivity index (χ2v) is 4.76. The lowest BCUT2D eigenvalue weighted by molar-refractivity contribution is 0.778. The third-order valence-electron chi connectivity index (χ3n) is 2.95. The fourth-order valence-corrected chi connectivity index (χ4v) is 2.43. The number of rotatable bonds is 3. The molecule has 1 aromatic rings. The third-order valence-corrected chi connectivity index (χ3v) is 3.36. The molecule has 0 fully saturated rings. The van der Waals surface area contributed by atoms with Crippen molar-refractivity contribution in [2.24, 2.45) is 0 Å². The van der Waals surface area contributed by atoms with Crippen molar-refractivity contribution in [2.75, 3.05) is 10.2 Å². The number of hydrogen-bond donors (Lipinski definition) is 1. The summed E-state index contributed by atoms with van der Waals surface area (Å²) < 4.78 is 2.04. The highest BCUT2D eigenvalue weighted by Crippen LogP contribution is 2.37. The van der Waals surface area contributed by atoms with Gasteiger partial charge in [-0.1, -0.05) is 47.7 Å². The van der Waals surface area contributed by atoms with Crippen LogP contribution in [0, 0.1) is 0 Å². The zero-order valence-corrected chi connectivity index (χ0v) is 12.3. The number of para-hydroxylation sites is 2. The van der Waals surface area contributed by atoms with Gasteiger partial charge in [-0.25, -0.2) is 0 Å². The summed E-state index contributed by atoms with van der Waals surface area (Å²) in [6.45, 7) is 4.39. The molecule has 0 radical (unpaired) electrons. The molecule has 0 amide bonds. The Morgan fingerprint density at radius 2 is 2.24 bits per heavy atom. The summed E-state index contributed by atoms with van der Waals surface area (Å²) in [7, 11) is 0. The molecule has 17 heavy (non-hydrogen) atoms. The van der Waals surface area contributed by atoms with E-state index < -0.39 is 0 Å². The Morgan fingerprint density at radius 3 is 2.94 bits per heavy atom. The van der Waals surface area contributed by atoms with Gasteiger partial charge in [0.15, 0.2) is 0 Å². The smallest absolute Gasteiger partial charge is 0.101 e. The van der Waals surface area contributed by atoms with Gasteiger partial charge in [0.1, 0.15) is 6.17 Å². The van der Waals surface area contributed by atoms with Gasteiger partial charge in [0, 0.05) is 5.70 Å². The van der Waals surface area contributed by atoms with Gasteiger partial charge in [0.25, 0.3) is 0 Å². The van der Waals surface area contributed by atoms with E-state index in [0.29, 0.717) is 6.17 Å². The summed E-state index contributed by atoms with van der Waals surface area (Å²) in [6.07, 6.45) is 5.63. The first-order valence-corrected chi connectivity index (χ1v) is 7.13. The molecular weight excluding hydrogens is 323 g/mol. The number of hydrogen-bond acceptors (Lipinski definition) is 2. The van der Waals surface area contributed by atoms with Crippen LogP contribution in [0.4, 0.5) is 11.4 Å². The van der Waals surface area contributed by atoms with Gasteiger partial charge in [-0.15, -0.1) is 0 Å². The third kappa shape index (κ3) is 2.49. The van der Waals surface area contributed by atoms with Gasteiger partial charge in [-0.3, -0.25) is 0 Å². The molecule has 2 rings (SSSR count). The van der Waals surface area contributed by atoms with E-state index in [9.17, 15) is 0 Å². The van der Waals surface area contributed by atoms with Crippen molar-refractivity contribution in [3.63, 3.8) is 0 Å². The highest BCUT2D eigenvalue weighted by molar-refractivity contribution is 14.1. The summed E-state index contributed by atoms with van der Waals surface area (Å²) in [5.41, 5.74) is 3.83. The maximum Gasteiger partial charge on any atom is 0.101 e. The molecule has 0 aromatic heterocycles. The van der Waals surface area contributed by atoms with Crippen molar-refractivity contribution in [1.29, 1.82) is 0 Å². The predicted molar refractivity (Wildman–Crippen MR) is 83.5 cm³/mol. The minimum atomic E-state index is 0.321. The Kier molecular flexibility index (Phi) is 4.10. The Labute approximate surface area is 117 Å². The topological polar surface area (TPSA) is 15.3 Å². The van der Waals surface area contributed by atoms with Crippen LogP contribution in [0.5, 0.6) is 0 Å². The van der Waals surface area contributed by atoms with E-state index >= 15 is 0 Å². The minimum Gasteiger partial charge on any atom is -0.363 e. The molecule has 1 aliphatic heterocycles. The van der Waals surface area contributed by atoms with Crippen molar-refractivity contribution in [1.82, 2.24) is 0 Å². The Bertz CT molecular complexity index is 451. The van der Waals surface area contributed by atoms with E-state index in [1.165, 1.54) is 17.1 Å². The number of halogens is 1. The standard InChI is InChI=1S/C14H17IN2/c1-3-12(7-6-10-15)17-11(2)16-13-8-4-5-9-14(13)17/h4-11,16H,3H2,1-2H3/b10-6-,12-7+. The van der Waals surface area contributed by atoms with Gasteiger partial charge in [-0.2, -0.15) is 0 Å². The lowest BCUT2D eigenvalue weighted by atomic mass is 10.2. The average molecular weight is 340 g/mol. The maximum atomic E-state index is 3.50. The zero-order valence-electron chi connectivity index (χ0n) is 10.2. The number of nitrogens with one attached hydrogen (secondary N) is 1. The van der Waals surface area contributed by atoms with Crippen LogP contribution in [0.15, 0.2) is 46.2 Å². The summed E-state index contributed by atoms with van der Waals surface area (Å²) in [5.74, 6) is 0. The molecule has 1 aromatic carbocycles. The summed E-state index contributed by atoms with van der Waals surface area (Å²) >= 11 is 2.25. The van der Waals surface area contributed by atoms with Crippen LogP contribution >= 0.6 is 22.6 Å². The highest BCUT2D eigenvalue weighted by Gasteiger charge is 2.26. The number of anilines is 2. The fraction of sp³-hybridized carbons (Fsp3) is 0.286. The van der Waals surface area contributed by atoms with E-state index in [2.05, 4.69) is 83.1 Å². The van der Waals surface area contributed by atoms with Crippen molar-refractivity contribution in [3.8, 4) is 0 Å². The minimum absolute atomic E-state index is 0.321. The van der Waals surface area contributed by atoms with Crippen LogP contribution in [0.3, 0.4) is 0 Å². The van der Waals surface area contributed by atoms with Gasteiger partial charge in [0.2, 0.25) is 0 Å². The van der Waals surface area contributed by atoms with Crippen LogP contribution in [0.2, 0.25) is 0 Å². The number of allylic oxidation sites excluding steroid dienone is 3.